The van der Waals surface area contributed by atoms with Crippen molar-refractivity contribution >= 4 is 18.0 Å². The zero-order chi connectivity index (χ0) is 24.1. The van der Waals surface area contributed by atoms with Gasteiger partial charge >= 0.3 is 12.1 Å². The van der Waals surface area contributed by atoms with Crippen molar-refractivity contribution in [3.63, 3.8) is 0 Å². The van der Waals surface area contributed by atoms with Crippen LogP contribution in [0.2, 0.25) is 0 Å². The van der Waals surface area contributed by atoms with Gasteiger partial charge in [-0.2, -0.15) is 0 Å². The lowest BCUT2D eigenvalue weighted by Gasteiger charge is -2.24. The topological polar surface area (TPSA) is 95.9 Å². The molecular weight excluding hydrogens is 444 g/mol. The molecule has 7 nitrogen and oxygen atoms in total. The number of carboxylic acids is 1. The van der Waals surface area contributed by atoms with E-state index in [4.69, 9.17) is 4.74 Å². The molecule has 0 spiro atoms. The normalized spacial score (nSPS) is 28.2. The maximum absolute atomic E-state index is 13.1. The molecule has 0 radical (unpaired) electrons. The molecule has 3 unspecified atom stereocenters. The molecule has 182 valence electrons. The van der Waals surface area contributed by atoms with Gasteiger partial charge < -0.3 is 20.1 Å². The number of hydrogen-bond acceptors (Lipinski definition) is 4. The third kappa shape index (κ3) is 3.87. The van der Waals surface area contributed by atoms with Crippen molar-refractivity contribution < 1.29 is 24.2 Å². The zero-order valence-electron chi connectivity index (χ0n) is 19.6. The van der Waals surface area contributed by atoms with Crippen LogP contribution >= 0.6 is 0 Å². The highest BCUT2D eigenvalue weighted by molar-refractivity contribution is 5.88. The molecule has 3 aliphatic carbocycles. The number of benzene rings is 2. The van der Waals surface area contributed by atoms with Crippen LogP contribution < -0.4 is 5.32 Å². The Bertz CT molecular complexity index is 1130. The number of alkyl carbamates (subject to hydrolysis) is 1. The molecule has 2 N–H and O–H groups in total. The third-order valence-electron chi connectivity index (χ3n) is 8.52. The summed E-state index contributed by atoms with van der Waals surface area (Å²) < 4.78 is 5.59. The number of nitrogens with zero attached hydrogens (tertiary/aromatic N) is 1. The van der Waals surface area contributed by atoms with E-state index in [9.17, 15) is 19.5 Å². The maximum atomic E-state index is 13.1. The molecule has 2 aromatic rings. The minimum absolute atomic E-state index is 0.00553. The van der Waals surface area contributed by atoms with Gasteiger partial charge in [-0.15, -0.1) is 0 Å². The van der Waals surface area contributed by atoms with Crippen LogP contribution in [0.25, 0.3) is 11.1 Å². The summed E-state index contributed by atoms with van der Waals surface area (Å²) >= 11 is 0. The maximum Gasteiger partial charge on any atom is 0.407 e. The molecular formula is C28H30N2O5. The summed E-state index contributed by atoms with van der Waals surface area (Å²) in [5.41, 5.74) is 4.69. The number of carboxylic acid groups (broad SMARTS) is 1. The number of aliphatic carboxylic acids is 1. The predicted molar refractivity (Wildman–Crippen MR) is 129 cm³/mol. The number of rotatable bonds is 6. The van der Waals surface area contributed by atoms with E-state index in [1.807, 2.05) is 24.3 Å². The lowest BCUT2D eigenvalue weighted by Crippen LogP contribution is -2.44. The number of amides is 2. The average Bonchev–Trinajstić information content (AvgIpc) is 3.18. The van der Waals surface area contributed by atoms with Gasteiger partial charge in [0.2, 0.25) is 5.91 Å². The summed E-state index contributed by atoms with van der Waals surface area (Å²) in [7, 11) is 0. The fourth-order valence-electron chi connectivity index (χ4n) is 6.70. The van der Waals surface area contributed by atoms with Gasteiger partial charge in [0, 0.05) is 24.9 Å². The van der Waals surface area contributed by atoms with Crippen LogP contribution in [0.1, 0.15) is 42.7 Å². The van der Waals surface area contributed by atoms with Gasteiger partial charge in [-0.25, -0.2) is 9.59 Å². The lowest BCUT2D eigenvalue weighted by molar-refractivity contribution is -0.150. The lowest BCUT2D eigenvalue weighted by atomic mass is 9.94. The molecule has 35 heavy (non-hydrogen) atoms. The number of ether oxygens (including phenoxy) is 1. The minimum atomic E-state index is -0.887. The fraction of sp³-hybridized carbons (Fsp3) is 0.464. The first-order valence-electron chi connectivity index (χ1n) is 12.6. The molecule has 7 heteroatoms. The molecule has 0 bridgehead atoms. The Labute approximate surface area is 204 Å². The van der Waals surface area contributed by atoms with Crippen molar-refractivity contribution in [2.45, 2.75) is 37.6 Å². The highest BCUT2D eigenvalue weighted by Gasteiger charge is 2.54. The van der Waals surface area contributed by atoms with Crippen molar-refractivity contribution in [2.75, 3.05) is 19.7 Å². The number of carbonyl (C=O) groups is 3. The number of carbonyl (C=O) groups excluding carboxylic acids is 2. The van der Waals surface area contributed by atoms with Gasteiger partial charge in [-0.3, -0.25) is 4.79 Å². The third-order valence-corrected chi connectivity index (χ3v) is 8.52. The Kier molecular flexibility index (Phi) is 5.50. The van der Waals surface area contributed by atoms with E-state index in [1.165, 1.54) is 11.1 Å². The number of nitrogens with one attached hydrogen (secondary N) is 1. The summed E-state index contributed by atoms with van der Waals surface area (Å²) in [5, 5.41) is 12.5. The molecule has 1 aliphatic heterocycles. The van der Waals surface area contributed by atoms with Gasteiger partial charge in [-0.05, 0) is 59.3 Å². The van der Waals surface area contributed by atoms with E-state index in [2.05, 4.69) is 29.6 Å². The monoisotopic (exact) mass is 474 g/mol. The second-order valence-corrected chi connectivity index (χ2v) is 10.4. The highest BCUT2D eigenvalue weighted by atomic mass is 16.5. The van der Waals surface area contributed by atoms with Crippen LogP contribution in [-0.2, 0) is 14.3 Å². The summed E-state index contributed by atoms with van der Waals surface area (Å²) in [6.45, 7) is 1.18. The van der Waals surface area contributed by atoms with Crippen LogP contribution in [0.4, 0.5) is 4.79 Å². The van der Waals surface area contributed by atoms with E-state index >= 15 is 0 Å². The van der Waals surface area contributed by atoms with E-state index in [0.29, 0.717) is 25.4 Å². The van der Waals surface area contributed by atoms with Gasteiger partial charge in [-0.1, -0.05) is 55.0 Å². The minimum Gasteiger partial charge on any atom is -0.480 e. The van der Waals surface area contributed by atoms with Crippen LogP contribution in [0.5, 0.6) is 0 Å². The Morgan fingerprint density at radius 1 is 1.00 bits per heavy atom. The Morgan fingerprint density at radius 2 is 1.69 bits per heavy atom. The quantitative estimate of drug-likeness (QED) is 0.663. The van der Waals surface area contributed by atoms with Crippen molar-refractivity contribution in [2.24, 2.45) is 23.7 Å². The fourth-order valence-corrected chi connectivity index (χ4v) is 6.70. The van der Waals surface area contributed by atoms with Crippen molar-refractivity contribution in [1.29, 1.82) is 0 Å². The molecule has 5 atom stereocenters. The van der Waals surface area contributed by atoms with E-state index in [1.54, 1.807) is 4.90 Å². The Morgan fingerprint density at radius 3 is 2.37 bits per heavy atom. The van der Waals surface area contributed by atoms with Gasteiger partial charge in [0.15, 0.2) is 0 Å². The van der Waals surface area contributed by atoms with Gasteiger partial charge in [0.05, 0.1) is 0 Å². The molecule has 3 fully saturated rings. The largest absolute Gasteiger partial charge is 0.480 e. The van der Waals surface area contributed by atoms with Gasteiger partial charge in [0.25, 0.3) is 0 Å². The number of hydrogen-bond donors (Lipinski definition) is 2. The zero-order valence-corrected chi connectivity index (χ0v) is 19.6. The smallest absolute Gasteiger partial charge is 0.407 e. The van der Waals surface area contributed by atoms with Crippen LogP contribution in [0.3, 0.4) is 0 Å². The Balaban J connectivity index is 1.01. The molecule has 2 saturated carbocycles. The molecule has 4 aliphatic rings. The second-order valence-electron chi connectivity index (χ2n) is 10.4. The van der Waals surface area contributed by atoms with E-state index in [-0.39, 0.29) is 36.2 Å². The number of fused-ring (bicyclic) bond motifs is 4. The second kappa shape index (κ2) is 8.70. The first-order valence-corrected chi connectivity index (χ1v) is 12.6. The van der Waals surface area contributed by atoms with Crippen LogP contribution in [0, 0.1) is 23.7 Å². The van der Waals surface area contributed by atoms with E-state index < -0.39 is 18.1 Å². The first kappa shape index (κ1) is 22.1. The molecule has 1 saturated heterocycles. The molecule has 6 rings (SSSR count). The SMILES string of the molecule is O=C(NC[C@@H]1C[C@@H]1C(=O)N1CC2CCCC2C1C(=O)O)OCC1c2ccccc2-c2ccccc21. The standard InChI is InChI=1S/C28H30N2O5/c31-26(30-14-16-6-5-11-18(16)25(30)27(32)33)23-12-17(23)13-29-28(34)35-15-24-21-9-3-1-7-19(21)20-8-2-4-10-22(20)24/h1-4,7-10,16-18,23-25H,5-6,11-15H2,(H,29,34)(H,32,33)/t16?,17-,18?,23-,25?/m0/s1. The van der Waals surface area contributed by atoms with Crippen LogP contribution in [0.15, 0.2) is 48.5 Å². The highest BCUT2D eigenvalue weighted by Crippen LogP contribution is 2.47. The molecule has 0 aromatic heterocycles. The van der Waals surface area contributed by atoms with Crippen molar-refractivity contribution in [3.8, 4) is 11.1 Å². The van der Waals surface area contributed by atoms with Crippen molar-refractivity contribution in [1.82, 2.24) is 10.2 Å². The van der Waals surface area contributed by atoms with E-state index in [0.717, 1.165) is 30.4 Å². The van der Waals surface area contributed by atoms with Crippen molar-refractivity contribution in [3.05, 3.63) is 59.7 Å². The number of likely N-dealkylation sites (tertiary alicyclic amines) is 1. The summed E-state index contributed by atoms with van der Waals surface area (Å²) in [5.74, 6) is -0.704. The Hall–Kier alpha value is -3.35. The predicted octanol–water partition coefficient (Wildman–Crippen LogP) is 3.87. The van der Waals surface area contributed by atoms with Crippen LogP contribution in [-0.4, -0.2) is 53.7 Å². The average molecular weight is 475 g/mol. The molecule has 1 heterocycles. The summed E-state index contributed by atoms with van der Waals surface area (Å²) in [6.07, 6.45) is 3.15. The summed E-state index contributed by atoms with van der Waals surface area (Å²) in [4.78, 5) is 39.0. The molecule has 2 aromatic carbocycles. The first-order chi connectivity index (χ1) is 17.0. The summed E-state index contributed by atoms with van der Waals surface area (Å²) in [6, 6.07) is 15.7. The molecule has 2 amide bonds. The van der Waals surface area contributed by atoms with Gasteiger partial charge in [0.1, 0.15) is 12.6 Å².